The molecule has 0 radical (unpaired) electrons. The van der Waals surface area contributed by atoms with E-state index in [9.17, 15) is 13.5 Å². The lowest BCUT2D eigenvalue weighted by atomic mass is 9.86. The molecule has 1 N–H and O–H groups in total. The average Bonchev–Trinajstić information content (AvgIpc) is 3.19. The summed E-state index contributed by atoms with van der Waals surface area (Å²) in [6.45, 7) is 0. The summed E-state index contributed by atoms with van der Waals surface area (Å²) < 4.78 is 27.6. The maximum absolute atomic E-state index is 12.8. The Morgan fingerprint density at radius 1 is 1.04 bits per heavy atom. The second-order valence-corrected chi connectivity index (χ2v) is 8.65. The molecule has 3 aromatic rings. The predicted octanol–water partition coefficient (Wildman–Crippen LogP) is 2.59. The molecule has 3 atom stereocenters. The van der Waals surface area contributed by atoms with Crippen LogP contribution in [0.2, 0.25) is 0 Å². The molecule has 126 valence electrons. The van der Waals surface area contributed by atoms with Gasteiger partial charge in [-0.05, 0) is 17.2 Å². The van der Waals surface area contributed by atoms with Crippen molar-refractivity contribution >= 4 is 9.84 Å². The van der Waals surface area contributed by atoms with Crippen LogP contribution in [-0.4, -0.2) is 28.8 Å². The number of aliphatic hydroxyl groups is 1. The molecule has 6 heteroatoms. The highest BCUT2D eigenvalue weighted by Crippen LogP contribution is 2.49. The Bertz CT molecular complexity index is 1090. The van der Waals surface area contributed by atoms with Crippen LogP contribution in [-0.2, 0) is 9.84 Å². The minimum atomic E-state index is -3.44. The Morgan fingerprint density at radius 2 is 1.76 bits per heavy atom. The third kappa shape index (κ3) is 1.98. The van der Waals surface area contributed by atoms with Gasteiger partial charge in [0.15, 0.2) is 9.84 Å². The molecule has 2 aromatic carbocycles. The molecule has 2 aliphatic rings. The summed E-state index contributed by atoms with van der Waals surface area (Å²) in [6, 6.07) is 14.4. The summed E-state index contributed by atoms with van der Waals surface area (Å²) in [7, 11) is -3.44. The van der Waals surface area contributed by atoms with E-state index < -0.39 is 21.9 Å². The molecule has 1 aromatic heterocycles. The number of aliphatic hydroxyl groups excluding tert-OH is 1. The Labute approximate surface area is 145 Å². The molecule has 5 nitrogen and oxygen atoms in total. The largest absolute Gasteiger partial charge is 0.388 e. The van der Waals surface area contributed by atoms with Crippen LogP contribution >= 0.6 is 0 Å². The molecule has 0 saturated heterocycles. The van der Waals surface area contributed by atoms with E-state index in [1.54, 1.807) is 36.8 Å². The molecule has 3 heterocycles. The second kappa shape index (κ2) is 5.03. The Morgan fingerprint density at radius 3 is 2.60 bits per heavy atom. The Balaban J connectivity index is 1.71. The molecule has 0 spiro atoms. The summed E-state index contributed by atoms with van der Waals surface area (Å²) in [5, 5.41) is 11.0. The van der Waals surface area contributed by atoms with Gasteiger partial charge in [0.05, 0.1) is 41.0 Å². The summed E-state index contributed by atoms with van der Waals surface area (Å²) >= 11 is 0. The minimum Gasteiger partial charge on any atom is -0.388 e. The zero-order valence-corrected chi connectivity index (χ0v) is 14.1. The third-order valence-electron chi connectivity index (χ3n) is 5.32. The molecule has 25 heavy (non-hydrogen) atoms. The SMILES string of the molecule is O=S1(=O)C[C@@H]([C@H]2c3ccccc3-c3cncn32)[C@@H](O)c2ccccc21. The van der Waals surface area contributed by atoms with Gasteiger partial charge in [0.2, 0.25) is 0 Å². The van der Waals surface area contributed by atoms with Crippen molar-refractivity contribution in [1.29, 1.82) is 0 Å². The molecule has 5 rings (SSSR count). The highest BCUT2D eigenvalue weighted by molar-refractivity contribution is 7.91. The van der Waals surface area contributed by atoms with E-state index >= 15 is 0 Å². The number of sulfone groups is 1. The first-order valence-corrected chi connectivity index (χ1v) is 9.84. The van der Waals surface area contributed by atoms with Gasteiger partial charge in [-0.15, -0.1) is 0 Å². The molecule has 0 bridgehead atoms. The number of imidazole rings is 1. The maximum atomic E-state index is 12.8. The van der Waals surface area contributed by atoms with Gasteiger partial charge < -0.3 is 9.67 Å². The van der Waals surface area contributed by atoms with Crippen molar-refractivity contribution in [3.8, 4) is 11.3 Å². The number of fused-ring (bicyclic) bond motifs is 4. The first kappa shape index (κ1) is 14.9. The van der Waals surface area contributed by atoms with Crippen LogP contribution in [0.1, 0.15) is 23.3 Å². The first-order valence-electron chi connectivity index (χ1n) is 8.19. The normalized spacial score (nSPS) is 25.9. The van der Waals surface area contributed by atoms with E-state index in [1.807, 2.05) is 28.8 Å². The molecule has 0 unspecified atom stereocenters. The monoisotopic (exact) mass is 352 g/mol. The topological polar surface area (TPSA) is 72.2 Å². The van der Waals surface area contributed by atoms with E-state index in [2.05, 4.69) is 4.98 Å². The van der Waals surface area contributed by atoms with Gasteiger partial charge >= 0.3 is 0 Å². The van der Waals surface area contributed by atoms with E-state index in [4.69, 9.17) is 0 Å². The number of hydrogen-bond acceptors (Lipinski definition) is 4. The van der Waals surface area contributed by atoms with Crippen LogP contribution in [0.4, 0.5) is 0 Å². The first-order chi connectivity index (χ1) is 12.1. The van der Waals surface area contributed by atoms with Gasteiger partial charge in [0.25, 0.3) is 0 Å². The van der Waals surface area contributed by atoms with E-state index in [0.717, 1.165) is 16.8 Å². The van der Waals surface area contributed by atoms with Gasteiger partial charge in [-0.2, -0.15) is 0 Å². The fourth-order valence-electron chi connectivity index (χ4n) is 4.25. The number of hydrogen-bond donors (Lipinski definition) is 1. The molecule has 0 fully saturated rings. The number of benzene rings is 2. The summed E-state index contributed by atoms with van der Waals surface area (Å²) in [5.41, 5.74) is 3.54. The van der Waals surface area contributed by atoms with Crippen molar-refractivity contribution in [2.24, 2.45) is 5.92 Å². The van der Waals surface area contributed by atoms with Gasteiger partial charge in [0, 0.05) is 11.5 Å². The van der Waals surface area contributed by atoms with Crippen LogP contribution in [0.3, 0.4) is 0 Å². The van der Waals surface area contributed by atoms with Gasteiger partial charge in [-0.3, -0.25) is 0 Å². The fraction of sp³-hybridized carbons (Fsp3) is 0.211. The molecule has 0 aliphatic carbocycles. The van der Waals surface area contributed by atoms with Crippen LogP contribution in [0.25, 0.3) is 11.3 Å². The van der Waals surface area contributed by atoms with Crippen molar-refractivity contribution in [2.45, 2.75) is 17.0 Å². The summed E-state index contributed by atoms with van der Waals surface area (Å²) in [5.74, 6) is -0.543. The number of aromatic nitrogens is 2. The predicted molar refractivity (Wildman–Crippen MR) is 92.7 cm³/mol. The molecule has 0 saturated carbocycles. The average molecular weight is 352 g/mol. The van der Waals surface area contributed by atoms with Crippen LogP contribution in [0, 0.1) is 5.92 Å². The maximum Gasteiger partial charge on any atom is 0.179 e. The minimum absolute atomic E-state index is 0.0815. The van der Waals surface area contributed by atoms with Crippen LogP contribution in [0.15, 0.2) is 66.0 Å². The van der Waals surface area contributed by atoms with Crippen LogP contribution < -0.4 is 0 Å². The lowest BCUT2D eigenvalue weighted by Gasteiger charge is -2.34. The molecule has 0 amide bonds. The van der Waals surface area contributed by atoms with E-state index in [0.29, 0.717) is 5.56 Å². The van der Waals surface area contributed by atoms with Crippen molar-refractivity contribution in [3.05, 3.63) is 72.2 Å². The second-order valence-electron chi connectivity index (χ2n) is 6.65. The highest BCUT2D eigenvalue weighted by atomic mass is 32.2. The zero-order valence-electron chi connectivity index (χ0n) is 13.3. The summed E-state index contributed by atoms with van der Waals surface area (Å²) in [6.07, 6.45) is 2.67. The zero-order chi connectivity index (χ0) is 17.2. The highest BCUT2D eigenvalue weighted by Gasteiger charge is 2.45. The lowest BCUT2D eigenvalue weighted by Crippen LogP contribution is -2.35. The van der Waals surface area contributed by atoms with Crippen molar-refractivity contribution < 1.29 is 13.5 Å². The smallest absolute Gasteiger partial charge is 0.179 e. The van der Waals surface area contributed by atoms with Gasteiger partial charge in [0.1, 0.15) is 0 Å². The lowest BCUT2D eigenvalue weighted by molar-refractivity contribution is 0.0923. The molecule has 2 aliphatic heterocycles. The van der Waals surface area contributed by atoms with E-state index in [-0.39, 0.29) is 16.7 Å². The van der Waals surface area contributed by atoms with Crippen molar-refractivity contribution in [3.63, 3.8) is 0 Å². The molecular weight excluding hydrogens is 336 g/mol. The quantitative estimate of drug-likeness (QED) is 0.731. The number of nitrogens with zero attached hydrogens (tertiary/aromatic N) is 2. The van der Waals surface area contributed by atoms with Gasteiger partial charge in [-0.25, -0.2) is 13.4 Å². The summed E-state index contributed by atoms with van der Waals surface area (Å²) in [4.78, 5) is 4.47. The Hall–Kier alpha value is -2.44. The Kier molecular flexibility index (Phi) is 2.99. The van der Waals surface area contributed by atoms with Crippen LogP contribution in [0.5, 0.6) is 0 Å². The fourth-order valence-corrected chi connectivity index (χ4v) is 6.13. The van der Waals surface area contributed by atoms with Crippen molar-refractivity contribution in [1.82, 2.24) is 9.55 Å². The third-order valence-corrected chi connectivity index (χ3v) is 7.18. The standard InChI is InChI=1S/C19H16N2O3S/c22-19-14-7-3-4-8-17(14)25(23,24)10-15(19)18-13-6-2-1-5-12(13)16-9-20-11-21(16)18/h1-9,11,15,18-19,22H,10H2/t15-,18+,19-/m0/s1. The number of rotatable bonds is 1. The molecular formula is C19H16N2O3S. The van der Waals surface area contributed by atoms with E-state index in [1.165, 1.54) is 0 Å². The van der Waals surface area contributed by atoms with Crippen molar-refractivity contribution in [2.75, 3.05) is 5.75 Å². The van der Waals surface area contributed by atoms with Gasteiger partial charge in [-0.1, -0.05) is 42.5 Å².